The molecule has 2 aliphatic carbocycles. The summed E-state index contributed by atoms with van der Waals surface area (Å²) in [5.41, 5.74) is -1.68. The van der Waals surface area contributed by atoms with Crippen molar-refractivity contribution in [2.24, 2.45) is 17.8 Å². The van der Waals surface area contributed by atoms with Crippen molar-refractivity contribution in [1.82, 2.24) is 25.2 Å². The van der Waals surface area contributed by atoms with Crippen LogP contribution in [0.15, 0.2) is 36.4 Å². The first-order chi connectivity index (χ1) is 24.6. The summed E-state index contributed by atoms with van der Waals surface area (Å²) in [6.07, 6.45) is 3.34. The van der Waals surface area contributed by atoms with Gasteiger partial charge in [0.05, 0.1) is 13.7 Å². The number of amides is 4. The molecule has 14 nitrogen and oxygen atoms in total. The number of ether oxygens (including phenoxy) is 2. The van der Waals surface area contributed by atoms with E-state index in [1.807, 2.05) is 17.7 Å². The van der Waals surface area contributed by atoms with Gasteiger partial charge in [-0.25, -0.2) is 22.6 Å². The molecule has 0 bridgehead atoms. The van der Waals surface area contributed by atoms with Crippen molar-refractivity contribution in [1.29, 1.82) is 0 Å². The summed E-state index contributed by atoms with van der Waals surface area (Å²) in [5.74, 6) is -2.62. The standard InChI is InChI=1S/C35H43ClFN5O9S/c1-19-6-4-5-7-22-16-35(22,32(45)41-52(48,49)34(18-37)10-11-34)40-29(43)26-15-24(17-42(26)31(44)28(20(2)12-19)39-33(46)47)51-30-25-9-8-23(50-3)13-21(25)14-27(36)38-30/h5,7-9,13-14,19-20,22,24,26,28,39H,4,6,10-12,15-18H2,1-3H3,(H,40,43)(H,41,45)(H,46,47)/t19-,20-,22-,24-,26+,28+,35-/m1/s1. The van der Waals surface area contributed by atoms with E-state index in [1.165, 1.54) is 12.0 Å². The fraction of sp³-hybridized carbons (Fsp3) is 0.571. The second-order valence-corrected chi connectivity index (χ2v) is 17.1. The van der Waals surface area contributed by atoms with Crippen LogP contribution in [0.3, 0.4) is 0 Å². The molecule has 52 heavy (non-hydrogen) atoms. The lowest BCUT2D eigenvalue weighted by Gasteiger charge is -2.32. The van der Waals surface area contributed by atoms with Crippen molar-refractivity contribution < 1.29 is 46.6 Å². The van der Waals surface area contributed by atoms with E-state index in [4.69, 9.17) is 21.1 Å². The van der Waals surface area contributed by atoms with E-state index in [0.717, 1.165) is 0 Å². The largest absolute Gasteiger partial charge is 0.497 e. The van der Waals surface area contributed by atoms with E-state index >= 15 is 0 Å². The molecule has 4 N–H and O–H groups in total. The number of sulfonamides is 1. The predicted molar refractivity (Wildman–Crippen MR) is 188 cm³/mol. The van der Waals surface area contributed by atoms with Gasteiger partial charge < -0.3 is 30.1 Å². The lowest BCUT2D eigenvalue weighted by atomic mass is 9.88. The Bertz CT molecular complexity index is 1910. The Morgan fingerprint density at radius 3 is 2.62 bits per heavy atom. The number of benzene rings is 1. The number of carbonyl (C=O) groups is 4. The van der Waals surface area contributed by atoms with Gasteiger partial charge >= 0.3 is 6.09 Å². The summed E-state index contributed by atoms with van der Waals surface area (Å²) in [5, 5.41) is 16.2. The van der Waals surface area contributed by atoms with Gasteiger partial charge in [0.1, 0.15) is 46.1 Å². The summed E-state index contributed by atoms with van der Waals surface area (Å²) in [6.45, 7) is 2.48. The number of methoxy groups -OCH3 is 1. The number of nitrogens with zero attached hydrogens (tertiary/aromatic N) is 2. The number of aromatic nitrogens is 1. The van der Waals surface area contributed by atoms with E-state index in [2.05, 4.69) is 15.6 Å². The first kappa shape index (κ1) is 37.6. The molecule has 0 radical (unpaired) electrons. The van der Waals surface area contributed by atoms with Gasteiger partial charge in [0, 0.05) is 17.7 Å². The topological polar surface area (TPSA) is 193 Å². The highest BCUT2D eigenvalue weighted by Crippen LogP contribution is 2.48. The van der Waals surface area contributed by atoms with Crippen molar-refractivity contribution in [3.8, 4) is 11.6 Å². The average molecular weight is 764 g/mol. The number of rotatable bonds is 8. The number of hydrogen-bond donors (Lipinski definition) is 4. The van der Waals surface area contributed by atoms with Gasteiger partial charge in [-0.15, -0.1) is 0 Å². The first-order valence-electron chi connectivity index (χ1n) is 17.3. The molecule has 2 aromatic rings. The van der Waals surface area contributed by atoms with Crippen LogP contribution < -0.4 is 24.8 Å². The summed E-state index contributed by atoms with van der Waals surface area (Å²) >= 11 is 6.34. The van der Waals surface area contributed by atoms with Crippen LogP contribution in [0, 0.1) is 17.8 Å². The second-order valence-electron chi connectivity index (χ2n) is 14.6. The minimum absolute atomic E-state index is 0.0712. The number of carbonyl (C=O) groups excluding carboxylic acids is 3. The number of allylic oxidation sites excluding steroid dienone is 1. The number of hydrogen-bond acceptors (Lipinski definition) is 9. The molecule has 1 aromatic heterocycles. The molecule has 17 heteroatoms. The molecule has 0 spiro atoms. The minimum atomic E-state index is -4.39. The first-order valence-corrected chi connectivity index (χ1v) is 19.2. The third kappa shape index (κ3) is 7.36. The fourth-order valence-electron chi connectivity index (χ4n) is 7.43. The van der Waals surface area contributed by atoms with Crippen LogP contribution in [-0.4, -0.2) is 96.0 Å². The lowest BCUT2D eigenvalue weighted by molar-refractivity contribution is -0.142. The van der Waals surface area contributed by atoms with Gasteiger partial charge in [-0.2, -0.15) is 0 Å². The molecule has 282 valence electrons. The van der Waals surface area contributed by atoms with Crippen LogP contribution in [0.4, 0.5) is 9.18 Å². The average Bonchev–Trinajstić information content (AvgIpc) is 3.99. The van der Waals surface area contributed by atoms with E-state index in [-0.39, 0.29) is 49.2 Å². The fourth-order valence-corrected chi connectivity index (χ4v) is 9.05. The van der Waals surface area contributed by atoms with E-state index in [1.54, 1.807) is 37.3 Å². The lowest BCUT2D eigenvalue weighted by Crippen LogP contribution is -2.59. The summed E-state index contributed by atoms with van der Waals surface area (Å²) in [4.78, 5) is 60.0. The quantitative estimate of drug-likeness (QED) is 0.228. The zero-order valence-electron chi connectivity index (χ0n) is 29.1. The number of carboxylic acid groups (broad SMARTS) is 1. The van der Waals surface area contributed by atoms with Crippen LogP contribution >= 0.6 is 11.6 Å². The van der Waals surface area contributed by atoms with Crippen LogP contribution in [-0.2, 0) is 24.4 Å². The number of pyridine rings is 1. The highest BCUT2D eigenvalue weighted by Gasteiger charge is 2.64. The highest BCUT2D eigenvalue weighted by atomic mass is 35.5. The second kappa shape index (κ2) is 14.3. The molecule has 3 heterocycles. The maximum atomic E-state index is 14.3. The van der Waals surface area contributed by atoms with Crippen molar-refractivity contribution in [3.63, 3.8) is 0 Å². The Morgan fingerprint density at radius 2 is 1.94 bits per heavy atom. The maximum Gasteiger partial charge on any atom is 0.405 e. The Kier molecular flexibility index (Phi) is 10.4. The van der Waals surface area contributed by atoms with Crippen molar-refractivity contribution in [3.05, 3.63) is 41.6 Å². The van der Waals surface area contributed by atoms with E-state index < -0.39 is 80.8 Å². The van der Waals surface area contributed by atoms with Gasteiger partial charge in [-0.1, -0.05) is 37.6 Å². The molecule has 4 aliphatic rings. The summed E-state index contributed by atoms with van der Waals surface area (Å²) < 4.78 is 51.9. The van der Waals surface area contributed by atoms with Crippen LogP contribution in [0.25, 0.3) is 10.8 Å². The third-order valence-corrected chi connectivity index (χ3v) is 13.1. The van der Waals surface area contributed by atoms with E-state index in [0.29, 0.717) is 35.8 Å². The smallest absolute Gasteiger partial charge is 0.405 e. The molecular weight excluding hydrogens is 721 g/mol. The SMILES string of the molecule is COc1ccc2c(O[C@@H]3C[C@H]4C(=O)N[C@]5(C(=O)NS(=O)(=O)C6(CF)CC6)C[C@H]5C=CCC[C@@H](C)C[C@@H](C)[C@H](NC(=O)O)C(=O)N4C3)nc(Cl)cc2c1. The van der Waals surface area contributed by atoms with Gasteiger partial charge in [-0.3, -0.25) is 19.1 Å². The zero-order valence-corrected chi connectivity index (χ0v) is 30.6. The number of fused-ring (bicyclic) bond motifs is 3. The van der Waals surface area contributed by atoms with Crippen LogP contribution in [0.5, 0.6) is 11.6 Å². The van der Waals surface area contributed by atoms with E-state index in [9.17, 15) is 37.1 Å². The predicted octanol–water partition coefficient (Wildman–Crippen LogP) is 3.72. The Morgan fingerprint density at radius 1 is 1.19 bits per heavy atom. The van der Waals surface area contributed by atoms with Gasteiger partial charge in [-0.05, 0) is 80.0 Å². The third-order valence-electron chi connectivity index (χ3n) is 10.8. The number of nitrogens with one attached hydrogen (secondary N) is 3. The van der Waals surface area contributed by atoms with Crippen molar-refractivity contribution in [2.75, 3.05) is 20.3 Å². The molecule has 2 saturated carbocycles. The van der Waals surface area contributed by atoms with Gasteiger partial charge in [0.15, 0.2) is 0 Å². The monoisotopic (exact) mass is 763 g/mol. The zero-order chi connectivity index (χ0) is 37.6. The molecule has 6 rings (SSSR count). The van der Waals surface area contributed by atoms with Crippen molar-refractivity contribution in [2.45, 2.75) is 87.3 Å². The van der Waals surface area contributed by atoms with Crippen LogP contribution in [0.2, 0.25) is 5.15 Å². The molecule has 0 unspecified atom stereocenters. The Labute approximate surface area is 305 Å². The molecule has 7 atom stereocenters. The minimum Gasteiger partial charge on any atom is -0.497 e. The molecular formula is C35H43ClFN5O9S. The van der Waals surface area contributed by atoms with Crippen LogP contribution in [0.1, 0.15) is 58.8 Å². The van der Waals surface area contributed by atoms with Crippen molar-refractivity contribution >= 4 is 56.2 Å². The Balaban J connectivity index is 1.34. The molecule has 2 aliphatic heterocycles. The summed E-state index contributed by atoms with van der Waals surface area (Å²) in [7, 11) is -2.87. The number of alkyl halides is 1. The highest BCUT2D eigenvalue weighted by molar-refractivity contribution is 7.91. The summed E-state index contributed by atoms with van der Waals surface area (Å²) in [6, 6.07) is 4.38. The molecule has 3 fully saturated rings. The number of halogens is 2. The Hall–Kier alpha value is -4.18. The maximum absolute atomic E-state index is 14.3. The van der Waals surface area contributed by atoms with Gasteiger partial charge in [0.25, 0.3) is 5.91 Å². The normalized spacial score (nSPS) is 30.2. The van der Waals surface area contributed by atoms with Gasteiger partial charge in [0.2, 0.25) is 27.7 Å². The molecule has 1 aromatic carbocycles. The molecule has 1 saturated heterocycles. The molecule has 4 amide bonds.